The number of hydrogen-bond donors (Lipinski definition) is 2. The van der Waals surface area contributed by atoms with E-state index in [0.29, 0.717) is 6.04 Å². The fourth-order valence-corrected chi connectivity index (χ4v) is 0.741. The highest BCUT2D eigenvalue weighted by atomic mass is 15.1. The van der Waals surface area contributed by atoms with Gasteiger partial charge in [-0.2, -0.15) is 0 Å². The lowest BCUT2D eigenvalue weighted by molar-refractivity contribution is 0.274. The van der Waals surface area contributed by atoms with E-state index in [2.05, 4.69) is 31.1 Å². The van der Waals surface area contributed by atoms with Crippen molar-refractivity contribution in [3.8, 4) is 0 Å². The third kappa shape index (κ3) is 6.28. The molecule has 0 saturated heterocycles. The fourth-order valence-electron chi connectivity index (χ4n) is 0.741. The molecule has 0 spiro atoms. The van der Waals surface area contributed by atoms with Crippen LogP contribution in [0.5, 0.6) is 0 Å². The number of nitrogens with one attached hydrogen (secondary N) is 1. The van der Waals surface area contributed by atoms with Crippen molar-refractivity contribution in [3.05, 3.63) is 0 Å². The Hall–Kier alpha value is -0.120. The summed E-state index contributed by atoms with van der Waals surface area (Å²) in [5.74, 6) is 0. The zero-order chi connectivity index (χ0) is 8.69. The molecule has 68 valence electrons. The van der Waals surface area contributed by atoms with Crippen molar-refractivity contribution in [1.82, 2.24) is 10.2 Å². The van der Waals surface area contributed by atoms with E-state index in [-0.39, 0.29) is 0 Å². The Balaban J connectivity index is 3.10. The van der Waals surface area contributed by atoms with Gasteiger partial charge in [0.25, 0.3) is 0 Å². The van der Waals surface area contributed by atoms with E-state index >= 15 is 0 Å². The quantitative estimate of drug-likeness (QED) is 0.531. The van der Waals surface area contributed by atoms with Crippen LogP contribution < -0.4 is 11.1 Å². The first-order chi connectivity index (χ1) is 5.18. The zero-order valence-electron chi connectivity index (χ0n) is 7.93. The van der Waals surface area contributed by atoms with Crippen molar-refractivity contribution in [2.75, 3.05) is 33.2 Å². The van der Waals surface area contributed by atoms with Crippen LogP contribution in [0.2, 0.25) is 0 Å². The molecule has 0 aliphatic heterocycles. The van der Waals surface area contributed by atoms with E-state index in [9.17, 15) is 0 Å². The van der Waals surface area contributed by atoms with Crippen LogP contribution in [-0.4, -0.2) is 44.2 Å². The highest BCUT2D eigenvalue weighted by Crippen LogP contribution is 1.90. The number of hydrogen-bond acceptors (Lipinski definition) is 3. The molecule has 0 radical (unpaired) electrons. The van der Waals surface area contributed by atoms with Gasteiger partial charge in [0.15, 0.2) is 0 Å². The van der Waals surface area contributed by atoms with Crippen LogP contribution in [0.25, 0.3) is 0 Å². The van der Waals surface area contributed by atoms with Gasteiger partial charge in [-0.1, -0.05) is 0 Å². The molecule has 0 rings (SSSR count). The molecule has 0 aliphatic rings. The fraction of sp³-hybridized carbons (Fsp3) is 1.00. The highest BCUT2D eigenvalue weighted by molar-refractivity contribution is 4.58. The average Bonchev–Trinajstić information content (AvgIpc) is 1.97. The molecule has 0 aromatic rings. The summed E-state index contributed by atoms with van der Waals surface area (Å²) in [5.41, 5.74) is 5.33. The summed E-state index contributed by atoms with van der Waals surface area (Å²) in [5, 5.41) is 3.25. The molecule has 0 saturated carbocycles. The Morgan fingerprint density at radius 2 is 2.00 bits per heavy atom. The van der Waals surface area contributed by atoms with Crippen molar-refractivity contribution in [1.29, 1.82) is 0 Å². The minimum absolute atomic E-state index is 0.634. The number of nitrogens with two attached hydrogens (primary N) is 1. The standard InChI is InChI=1S/C8H21N3/c1-8(2)11(3)7-6-10-5-4-9/h8,10H,4-7,9H2,1-3H3. The number of nitrogens with zero attached hydrogens (tertiary/aromatic N) is 1. The molecule has 11 heavy (non-hydrogen) atoms. The predicted octanol–water partition coefficient (Wildman–Crippen LogP) is -0.125. The largest absolute Gasteiger partial charge is 0.329 e. The van der Waals surface area contributed by atoms with Crippen LogP contribution in [0.15, 0.2) is 0 Å². The summed E-state index contributed by atoms with van der Waals surface area (Å²) in [6.07, 6.45) is 0. The summed E-state index contributed by atoms with van der Waals surface area (Å²) >= 11 is 0. The highest BCUT2D eigenvalue weighted by Gasteiger charge is 2.00. The van der Waals surface area contributed by atoms with Gasteiger partial charge in [-0.3, -0.25) is 0 Å². The van der Waals surface area contributed by atoms with Crippen molar-refractivity contribution in [3.63, 3.8) is 0 Å². The third-order valence-electron chi connectivity index (χ3n) is 1.84. The van der Waals surface area contributed by atoms with Crippen molar-refractivity contribution in [2.45, 2.75) is 19.9 Å². The molecule has 0 bridgehead atoms. The molecular weight excluding hydrogens is 138 g/mol. The lowest BCUT2D eigenvalue weighted by atomic mass is 10.3. The smallest absolute Gasteiger partial charge is 0.0106 e. The predicted molar refractivity (Wildman–Crippen MR) is 49.7 cm³/mol. The van der Waals surface area contributed by atoms with Gasteiger partial charge in [0.2, 0.25) is 0 Å². The first-order valence-corrected chi connectivity index (χ1v) is 4.29. The molecule has 0 unspecified atom stereocenters. The molecule has 0 amide bonds. The molecule has 3 nitrogen and oxygen atoms in total. The van der Waals surface area contributed by atoms with Crippen LogP contribution in [-0.2, 0) is 0 Å². The SMILES string of the molecule is CC(C)N(C)CCNCCN. The number of rotatable bonds is 6. The van der Waals surface area contributed by atoms with Crippen LogP contribution in [0, 0.1) is 0 Å². The summed E-state index contributed by atoms with van der Waals surface area (Å²) < 4.78 is 0. The summed E-state index contributed by atoms with van der Waals surface area (Å²) in [6.45, 7) is 8.17. The zero-order valence-corrected chi connectivity index (χ0v) is 7.93. The van der Waals surface area contributed by atoms with E-state index in [1.165, 1.54) is 0 Å². The summed E-state index contributed by atoms with van der Waals surface area (Å²) in [4.78, 5) is 2.31. The monoisotopic (exact) mass is 159 g/mol. The van der Waals surface area contributed by atoms with Gasteiger partial charge in [-0.25, -0.2) is 0 Å². The topological polar surface area (TPSA) is 41.3 Å². The van der Waals surface area contributed by atoms with Gasteiger partial charge in [0.1, 0.15) is 0 Å². The average molecular weight is 159 g/mol. The molecule has 0 heterocycles. The molecule has 0 aliphatic carbocycles. The first-order valence-electron chi connectivity index (χ1n) is 4.29. The third-order valence-corrected chi connectivity index (χ3v) is 1.84. The van der Waals surface area contributed by atoms with Crippen LogP contribution >= 0.6 is 0 Å². The lowest BCUT2D eigenvalue weighted by Crippen LogP contribution is -2.35. The van der Waals surface area contributed by atoms with Crippen LogP contribution in [0.3, 0.4) is 0 Å². The maximum Gasteiger partial charge on any atom is 0.0106 e. The van der Waals surface area contributed by atoms with Crippen LogP contribution in [0.4, 0.5) is 0 Å². The van der Waals surface area contributed by atoms with Gasteiger partial charge < -0.3 is 16.0 Å². The second-order valence-corrected chi connectivity index (χ2v) is 3.11. The molecule has 0 fully saturated rings. The van der Waals surface area contributed by atoms with E-state index in [1.807, 2.05) is 0 Å². The lowest BCUT2D eigenvalue weighted by Gasteiger charge is -2.20. The second kappa shape index (κ2) is 6.58. The van der Waals surface area contributed by atoms with E-state index < -0.39 is 0 Å². The Morgan fingerprint density at radius 3 is 2.45 bits per heavy atom. The molecule has 3 heteroatoms. The Labute approximate surface area is 69.9 Å². The van der Waals surface area contributed by atoms with Crippen LogP contribution in [0.1, 0.15) is 13.8 Å². The van der Waals surface area contributed by atoms with Gasteiger partial charge in [-0.15, -0.1) is 0 Å². The Morgan fingerprint density at radius 1 is 1.36 bits per heavy atom. The molecule has 0 atom stereocenters. The van der Waals surface area contributed by atoms with E-state index in [1.54, 1.807) is 0 Å². The van der Waals surface area contributed by atoms with Gasteiger partial charge in [0.05, 0.1) is 0 Å². The van der Waals surface area contributed by atoms with Gasteiger partial charge >= 0.3 is 0 Å². The second-order valence-electron chi connectivity index (χ2n) is 3.11. The first kappa shape index (κ1) is 10.9. The molecule has 0 aromatic carbocycles. The maximum atomic E-state index is 5.33. The van der Waals surface area contributed by atoms with E-state index in [0.717, 1.165) is 26.2 Å². The maximum absolute atomic E-state index is 5.33. The summed E-state index contributed by atoms with van der Waals surface area (Å²) in [6, 6.07) is 0.634. The molecule has 0 aromatic heterocycles. The van der Waals surface area contributed by atoms with Gasteiger partial charge in [-0.05, 0) is 20.9 Å². The minimum Gasteiger partial charge on any atom is -0.329 e. The van der Waals surface area contributed by atoms with Gasteiger partial charge in [0, 0.05) is 32.2 Å². The number of likely N-dealkylation sites (N-methyl/N-ethyl adjacent to an activating group) is 1. The summed E-state index contributed by atoms with van der Waals surface area (Å²) in [7, 11) is 2.13. The molecule has 3 N–H and O–H groups in total. The molecular formula is C8H21N3. The van der Waals surface area contributed by atoms with E-state index in [4.69, 9.17) is 5.73 Å². The normalized spacial score (nSPS) is 11.5. The van der Waals surface area contributed by atoms with Crippen molar-refractivity contribution < 1.29 is 0 Å². The Bertz CT molecular complexity index is 83.4. The minimum atomic E-state index is 0.634. The Kier molecular flexibility index (Phi) is 6.51. The van der Waals surface area contributed by atoms with Crippen molar-refractivity contribution >= 4 is 0 Å². The van der Waals surface area contributed by atoms with Crippen molar-refractivity contribution in [2.24, 2.45) is 5.73 Å².